The molecule has 7 nitrogen and oxygen atoms in total. The summed E-state index contributed by atoms with van der Waals surface area (Å²) in [6, 6.07) is 6.82. The molecule has 0 aliphatic heterocycles. The molecule has 0 unspecified atom stereocenters. The summed E-state index contributed by atoms with van der Waals surface area (Å²) in [6.45, 7) is 1.98. The third-order valence-corrected chi connectivity index (χ3v) is 2.78. The smallest absolute Gasteiger partial charge is 0.253 e. The zero-order valence-electron chi connectivity index (χ0n) is 12.8. The first-order valence-electron chi connectivity index (χ1n) is 7.13. The molecule has 1 rings (SSSR count). The molecule has 0 saturated heterocycles. The fraction of sp³-hybridized carbons (Fsp3) is 0.467. The number of hydrogen-bond acceptors (Lipinski definition) is 5. The van der Waals surface area contributed by atoms with Crippen LogP contribution in [0, 0.1) is 0 Å². The van der Waals surface area contributed by atoms with E-state index in [2.05, 4.69) is 10.6 Å². The SMILES string of the molecule is COCCOCCC(=O)Nc1ccccc1C(=O)NCCN. The normalized spacial score (nSPS) is 10.3. The molecule has 1 aromatic rings. The number of amides is 2. The number of methoxy groups -OCH3 is 1. The van der Waals surface area contributed by atoms with Gasteiger partial charge in [-0.2, -0.15) is 0 Å². The number of nitrogens with one attached hydrogen (secondary N) is 2. The lowest BCUT2D eigenvalue weighted by Gasteiger charge is -2.11. The number of nitrogens with two attached hydrogens (primary N) is 1. The number of anilines is 1. The van der Waals surface area contributed by atoms with Crippen molar-refractivity contribution in [2.45, 2.75) is 6.42 Å². The van der Waals surface area contributed by atoms with Crippen LogP contribution in [0.4, 0.5) is 5.69 Å². The van der Waals surface area contributed by atoms with Gasteiger partial charge >= 0.3 is 0 Å². The molecule has 1 aromatic carbocycles. The van der Waals surface area contributed by atoms with E-state index >= 15 is 0 Å². The summed E-state index contributed by atoms with van der Waals surface area (Å²) in [5.41, 5.74) is 6.23. The van der Waals surface area contributed by atoms with E-state index in [0.717, 1.165) is 0 Å². The number of ether oxygens (including phenoxy) is 2. The molecule has 2 amide bonds. The summed E-state index contributed by atoms with van der Waals surface area (Å²) < 4.78 is 10.1. The number of carbonyl (C=O) groups excluding carboxylic acids is 2. The number of benzene rings is 1. The van der Waals surface area contributed by atoms with E-state index in [1.165, 1.54) is 0 Å². The van der Waals surface area contributed by atoms with Crippen molar-refractivity contribution in [1.29, 1.82) is 0 Å². The molecule has 0 aliphatic carbocycles. The van der Waals surface area contributed by atoms with E-state index in [-0.39, 0.29) is 18.2 Å². The summed E-state index contributed by atoms with van der Waals surface area (Å²) >= 11 is 0. The highest BCUT2D eigenvalue weighted by molar-refractivity contribution is 6.03. The summed E-state index contributed by atoms with van der Waals surface area (Å²) in [5, 5.41) is 5.39. The van der Waals surface area contributed by atoms with Crippen LogP contribution >= 0.6 is 0 Å². The molecule has 0 spiro atoms. The van der Waals surface area contributed by atoms with Gasteiger partial charge in [0.1, 0.15) is 0 Å². The Morgan fingerprint density at radius 1 is 1.18 bits per heavy atom. The molecular weight excluding hydrogens is 286 g/mol. The van der Waals surface area contributed by atoms with Crippen LogP contribution in [-0.4, -0.2) is 51.8 Å². The predicted molar refractivity (Wildman–Crippen MR) is 83.8 cm³/mol. The zero-order valence-corrected chi connectivity index (χ0v) is 12.8. The molecule has 0 aromatic heterocycles. The van der Waals surface area contributed by atoms with Crippen LogP contribution in [0.25, 0.3) is 0 Å². The van der Waals surface area contributed by atoms with Crippen molar-refractivity contribution in [2.24, 2.45) is 5.73 Å². The van der Waals surface area contributed by atoms with Crippen LogP contribution < -0.4 is 16.4 Å². The summed E-state index contributed by atoms with van der Waals surface area (Å²) in [7, 11) is 1.59. The Morgan fingerprint density at radius 3 is 2.68 bits per heavy atom. The largest absolute Gasteiger partial charge is 0.382 e. The van der Waals surface area contributed by atoms with Crippen LogP contribution in [0.3, 0.4) is 0 Å². The number of hydrogen-bond donors (Lipinski definition) is 3. The van der Waals surface area contributed by atoms with Crippen LogP contribution in [0.2, 0.25) is 0 Å². The molecule has 0 radical (unpaired) electrons. The van der Waals surface area contributed by atoms with Gasteiger partial charge in [-0.15, -0.1) is 0 Å². The second kappa shape index (κ2) is 10.7. The molecule has 0 bridgehead atoms. The molecule has 7 heteroatoms. The fourth-order valence-corrected chi connectivity index (χ4v) is 1.69. The molecule has 0 saturated carbocycles. The minimum absolute atomic E-state index is 0.211. The lowest BCUT2D eigenvalue weighted by atomic mass is 10.1. The van der Waals surface area contributed by atoms with E-state index in [4.69, 9.17) is 15.2 Å². The number of para-hydroxylation sites is 1. The monoisotopic (exact) mass is 309 g/mol. The average molecular weight is 309 g/mol. The van der Waals surface area contributed by atoms with Crippen LogP contribution in [0.5, 0.6) is 0 Å². The molecular formula is C15H23N3O4. The van der Waals surface area contributed by atoms with Gasteiger partial charge in [0, 0.05) is 20.2 Å². The maximum Gasteiger partial charge on any atom is 0.253 e. The van der Waals surface area contributed by atoms with Crippen molar-refractivity contribution < 1.29 is 19.1 Å². The Balaban J connectivity index is 2.50. The molecule has 122 valence electrons. The average Bonchev–Trinajstić information content (AvgIpc) is 2.53. The summed E-state index contributed by atoms with van der Waals surface area (Å²) in [4.78, 5) is 23.8. The van der Waals surface area contributed by atoms with Crippen molar-refractivity contribution in [2.75, 3.05) is 45.3 Å². The standard InChI is InChI=1S/C15H23N3O4/c1-21-10-11-22-9-6-14(19)18-13-5-3-2-4-12(13)15(20)17-8-7-16/h2-5H,6-11,16H2,1H3,(H,17,20)(H,18,19). The van der Waals surface area contributed by atoms with Crippen molar-refractivity contribution >= 4 is 17.5 Å². The van der Waals surface area contributed by atoms with E-state index in [1.54, 1.807) is 31.4 Å². The predicted octanol–water partition coefficient (Wildman–Crippen LogP) is 0.367. The highest BCUT2D eigenvalue weighted by atomic mass is 16.5. The third kappa shape index (κ3) is 6.66. The molecule has 0 fully saturated rings. The van der Waals surface area contributed by atoms with Crippen molar-refractivity contribution in [3.8, 4) is 0 Å². The highest BCUT2D eigenvalue weighted by Gasteiger charge is 2.12. The molecule has 4 N–H and O–H groups in total. The first-order valence-corrected chi connectivity index (χ1v) is 7.13. The van der Waals surface area contributed by atoms with Gasteiger partial charge in [-0.25, -0.2) is 0 Å². The fourth-order valence-electron chi connectivity index (χ4n) is 1.69. The van der Waals surface area contributed by atoms with Gasteiger partial charge in [-0.05, 0) is 12.1 Å². The Bertz CT molecular complexity index is 480. The maximum atomic E-state index is 12.0. The van der Waals surface area contributed by atoms with Crippen LogP contribution in [0.1, 0.15) is 16.8 Å². The number of carbonyl (C=O) groups is 2. The van der Waals surface area contributed by atoms with Crippen LogP contribution in [0.15, 0.2) is 24.3 Å². The maximum absolute atomic E-state index is 12.0. The van der Waals surface area contributed by atoms with Crippen LogP contribution in [-0.2, 0) is 14.3 Å². The van der Waals surface area contributed by atoms with Gasteiger partial charge in [0.2, 0.25) is 5.91 Å². The topological polar surface area (TPSA) is 103 Å². The first-order chi connectivity index (χ1) is 10.7. The van der Waals surface area contributed by atoms with Crippen molar-refractivity contribution in [3.63, 3.8) is 0 Å². The first kappa shape index (κ1) is 18.1. The molecule has 0 heterocycles. The van der Waals surface area contributed by atoms with E-state index < -0.39 is 0 Å². The van der Waals surface area contributed by atoms with Gasteiger partial charge in [0.25, 0.3) is 5.91 Å². The third-order valence-electron chi connectivity index (χ3n) is 2.78. The lowest BCUT2D eigenvalue weighted by Crippen LogP contribution is -2.30. The minimum atomic E-state index is -0.266. The summed E-state index contributed by atoms with van der Waals surface area (Å²) in [5.74, 6) is -0.478. The minimum Gasteiger partial charge on any atom is -0.382 e. The van der Waals surface area contributed by atoms with Gasteiger partial charge in [0.05, 0.1) is 37.5 Å². The van der Waals surface area contributed by atoms with E-state index in [1.807, 2.05) is 0 Å². The van der Waals surface area contributed by atoms with Crippen molar-refractivity contribution in [3.05, 3.63) is 29.8 Å². The quantitative estimate of drug-likeness (QED) is 0.542. The van der Waals surface area contributed by atoms with E-state index in [9.17, 15) is 9.59 Å². The highest BCUT2D eigenvalue weighted by Crippen LogP contribution is 2.15. The Kier molecular flexibility index (Phi) is 8.82. The summed E-state index contributed by atoms with van der Waals surface area (Å²) in [6.07, 6.45) is 0.211. The van der Waals surface area contributed by atoms with Gasteiger partial charge in [-0.1, -0.05) is 12.1 Å². The van der Waals surface area contributed by atoms with Gasteiger partial charge in [0.15, 0.2) is 0 Å². The molecule has 0 aliphatic rings. The Hall–Kier alpha value is -1.96. The van der Waals surface area contributed by atoms with Gasteiger partial charge in [-0.3, -0.25) is 9.59 Å². The second-order valence-corrected chi connectivity index (χ2v) is 4.49. The molecule has 22 heavy (non-hydrogen) atoms. The lowest BCUT2D eigenvalue weighted by molar-refractivity contribution is -0.117. The second-order valence-electron chi connectivity index (χ2n) is 4.49. The zero-order chi connectivity index (χ0) is 16.2. The molecule has 0 atom stereocenters. The van der Waals surface area contributed by atoms with E-state index in [0.29, 0.717) is 44.2 Å². The van der Waals surface area contributed by atoms with Crippen molar-refractivity contribution in [1.82, 2.24) is 5.32 Å². The van der Waals surface area contributed by atoms with Gasteiger partial charge < -0.3 is 25.8 Å². The Labute approximate surface area is 130 Å². The number of rotatable bonds is 10. The Morgan fingerprint density at radius 2 is 1.95 bits per heavy atom.